The standard InChI is InChI=1S/C20H14ClN3O/c21-16-5-2-1-4-15(16)20(25)23-14-9-7-13(8-10-14)18-12-19-17(24-18)6-3-11-22-19/h1-12,24H,(H,23,25). The maximum atomic E-state index is 12.3. The Kier molecular flexibility index (Phi) is 3.96. The van der Waals surface area contributed by atoms with Crippen LogP contribution < -0.4 is 5.32 Å². The van der Waals surface area contributed by atoms with Crippen LogP contribution in [0, 0.1) is 0 Å². The molecule has 0 saturated heterocycles. The highest BCUT2D eigenvalue weighted by atomic mass is 35.5. The van der Waals surface area contributed by atoms with Crippen LogP contribution in [0.15, 0.2) is 72.9 Å². The number of rotatable bonds is 3. The summed E-state index contributed by atoms with van der Waals surface area (Å²) in [5.41, 5.74) is 5.09. The van der Waals surface area contributed by atoms with E-state index in [0.717, 1.165) is 22.3 Å². The Balaban J connectivity index is 1.56. The van der Waals surface area contributed by atoms with Crippen LogP contribution in [-0.2, 0) is 0 Å². The molecule has 2 N–H and O–H groups in total. The molecule has 25 heavy (non-hydrogen) atoms. The molecule has 0 bridgehead atoms. The molecule has 2 aromatic carbocycles. The number of aromatic nitrogens is 2. The quantitative estimate of drug-likeness (QED) is 0.539. The zero-order chi connectivity index (χ0) is 17.2. The van der Waals surface area contributed by atoms with Crippen molar-refractivity contribution >= 4 is 34.2 Å². The number of carbonyl (C=O) groups excluding carboxylic acids is 1. The summed E-state index contributed by atoms with van der Waals surface area (Å²) in [4.78, 5) is 20.0. The molecule has 1 amide bonds. The second kappa shape index (κ2) is 6.42. The molecule has 5 heteroatoms. The Bertz CT molecular complexity index is 1020. The lowest BCUT2D eigenvalue weighted by atomic mass is 10.1. The molecule has 0 aliphatic carbocycles. The number of fused-ring (bicyclic) bond motifs is 1. The van der Waals surface area contributed by atoms with E-state index in [4.69, 9.17) is 11.6 Å². The largest absolute Gasteiger partial charge is 0.353 e. The van der Waals surface area contributed by atoms with Gasteiger partial charge in [0.25, 0.3) is 5.91 Å². The number of hydrogen-bond donors (Lipinski definition) is 2. The number of benzene rings is 2. The summed E-state index contributed by atoms with van der Waals surface area (Å²) >= 11 is 6.06. The number of aromatic amines is 1. The van der Waals surface area contributed by atoms with E-state index in [-0.39, 0.29) is 5.91 Å². The van der Waals surface area contributed by atoms with Crippen LogP contribution in [0.5, 0.6) is 0 Å². The van der Waals surface area contributed by atoms with Gasteiger partial charge in [0.05, 0.1) is 21.6 Å². The molecular weight excluding hydrogens is 334 g/mol. The zero-order valence-electron chi connectivity index (χ0n) is 13.2. The Labute approximate surface area is 149 Å². The summed E-state index contributed by atoms with van der Waals surface area (Å²) < 4.78 is 0. The molecule has 0 radical (unpaired) electrons. The highest BCUT2D eigenvalue weighted by molar-refractivity contribution is 6.34. The number of halogens is 1. The summed E-state index contributed by atoms with van der Waals surface area (Å²) in [6.45, 7) is 0. The van der Waals surface area contributed by atoms with Crippen LogP contribution >= 0.6 is 11.6 Å². The van der Waals surface area contributed by atoms with Crippen molar-refractivity contribution in [1.82, 2.24) is 9.97 Å². The fourth-order valence-corrected chi connectivity index (χ4v) is 2.91. The molecule has 4 aromatic rings. The van der Waals surface area contributed by atoms with Crippen LogP contribution in [0.3, 0.4) is 0 Å². The van der Waals surface area contributed by atoms with Crippen molar-refractivity contribution < 1.29 is 4.79 Å². The highest BCUT2D eigenvalue weighted by Gasteiger charge is 2.10. The highest BCUT2D eigenvalue weighted by Crippen LogP contribution is 2.24. The Morgan fingerprint density at radius 2 is 1.80 bits per heavy atom. The van der Waals surface area contributed by atoms with Gasteiger partial charge in [-0.1, -0.05) is 35.9 Å². The first-order valence-electron chi connectivity index (χ1n) is 7.81. The lowest BCUT2D eigenvalue weighted by Crippen LogP contribution is -2.12. The van der Waals surface area contributed by atoms with Crippen LogP contribution in [0.2, 0.25) is 5.02 Å². The van der Waals surface area contributed by atoms with Gasteiger partial charge in [-0.25, -0.2) is 0 Å². The van der Waals surface area contributed by atoms with E-state index < -0.39 is 0 Å². The van der Waals surface area contributed by atoms with E-state index in [1.165, 1.54) is 0 Å². The monoisotopic (exact) mass is 347 g/mol. The van der Waals surface area contributed by atoms with E-state index in [0.29, 0.717) is 16.3 Å². The lowest BCUT2D eigenvalue weighted by Gasteiger charge is -2.07. The second-order valence-corrected chi connectivity index (χ2v) is 6.04. The van der Waals surface area contributed by atoms with Crippen LogP contribution in [-0.4, -0.2) is 15.9 Å². The number of pyridine rings is 1. The minimum atomic E-state index is -0.229. The molecule has 0 saturated carbocycles. The third-order valence-corrected chi connectivity index (χ3v) is 4.29. The molecule has 0 aliphatic rings. The summed E-state index contributed by atoms with van der Waals surface area (Å²) in [5.74, 6) is -0.229. The SMILES string of the molecule is O=C(Nc1ccc(-c2cc3ncccc3[nH]2)cc1)c1ccccc1Cl. The fraction of sp³-hybridized carbons (Fsp3) is 0. The molecule has 0 spiro atoms. The van der Waals surface area contributed by atoms with Crippen molar-refractivity contribution in [3.8, 4) is 11.3 Å². The summed E-state index contributed by atoms with van der Waals surface area (Å²) in [6.07, 6.45) is 1.77. The number of amides is 1. The third-order valence-electron chi connectivity index (χ3n) is 3.96. The van der Waals surface area contributed by atoms with Crippen LogP contribution in [0.4, 0.5) is 5.69 Å². The molecule has 0 aliphatic heterocycles. The van der Waals surface area contributed by atoms with Crippen molar-refractivity contribution in [1.29, 1.82) is 0 Å². The number of carbonyl (C=O) groups is 1. The van der Waals surface area contributed by atoms with E-state index in [1.54, 1.807) is 30.5 Å². The maximum absolute atomic E-state index is 12.3. The number of H-pyrrole nitrogens is 1. The first-order valence-corrected chi connectivity index (χ1v) is 8.18. The first kappa shape index (κ1) is 15.4. The number of nitrogens with one attached hydrogen (secondary N) is 2. The Hall–Kier alpha value is -3.11. The molecule has 2 heterocycles. The van der Waals surface area contributed by atoms with Gasteiger partial charge in [0.15, 0.2) is 0 Å². The second-order valence-electron chi connectivity index (χ2n) is 5.63. The van der Waals surface area contributed by atoms with Crippen LogP contribution in [0.25, 0.3) is 22.3 Å². The van der Waals surface area contributed by atoms with E-state index in [2.05, 4.69) is 15.3 Å². The number of nitrogens with zero attached hydrogens (tertiary/aromatic N) is 1. The van der Waals surface area contributed by atoms with Gasteiger partial charge >= 0.3 is 0 Å². The average molecular weight is 348 g/mol. The third kappa shape index (κ3) is 3.12. The van der Waals surface area contributed by atoms with Crippen molar-refractivity contribution in [3.63, 3.8) is 0 Å². The van der Waals surface area contributed by atoms with Gasteiger partial charge in [-0.2, -0.15) is 0 Å². The predicted molar refractivity (Wildman–Crippen MR) is 101 cm³/mol. The van der Waals surface area contributed by atoms with Gasteiger partial charge in [0.2, 0.25) is 0 Å². The van der Waals surface area contributed by atoms with Gasteiger partial charge in [0, 0.05) is 17.6 Å². The topological polar surface area (TPSA) is 57.8 Å². The zero-order valence-corrected chi connectivity index (χ0v) is 13.9. The van der Waals surface area contributed by atoms with Crippen molar-refractivity contribution in [2.45, 2.75) is 0 Å². The molecule has 4 rings (SSSR count). The molecule has 0 atom stereocenters. The predicted octanol–water partition coefficient (Wildman–Crippen LogP) is 5.14. The van der Waals surface area contributed by atoms with Gasteiger partial charge in [-0.05, 0) is 48.0 Å². The average Bonchev–Trinajstić information content (AvgIpc) is 3.07. The summed E-state index contributed by atoms with van der Waals surface area (Å²) in [5, 5.41) is 3.29. The van der Waals surface area contributed by atoms with Crippen molar-refractivity contribution in [2.75, 3.05) is 5.32 Å². The van der Waals surface area contributed by atoms with Crippen molar-refractivity contribution in [2.24, 2.45) is 0 Å². The van der Waals surface area contributed by atoms with Gasteiger partial charge in [0.1, 0.15) is 0 Å². The Morgan fingerprint density at radius 3 is 2.56 bits per heavy atom. The van der Waals surface area contributed by atoms with Crippen LogP contribution in [0.1, 0.15) is 10.4 Å². The van der Waals surface area contributed by atoms with E-state index >= 15 is 0 Å². The lowest BCUT2D eigenvalue weighted by molar-refractivity contribution is 0.102. The number of hydrogen-bond acceptors (Lipinski definition) is 2. The van der Waals surface area contributed by atoms with Gasteiger partial charge < -0.3 is 10.3 Å². The molecule has 0 fully saturated rings. The maximum Gasteiger partial charge on any atom is 0.257 e. The molecular formula is C20H14ClN3O. The fourth-order valence-electron chi connectivity index (χ4n) is 2.69. The molecule has 4 nitrogen and oxygen atoms in total. The minimum absolute atomic E-state index is 0.229. The van der Waals surface area contributed by atoms with Crippen molar-refractivity contribution in [3.05, 3.63) is 83.5 Å². The number of anilines is 1. The normalized spacial score (nSPS) is 10.8. The van der Waals surface area contributed by atoms with E-state index in [9.17, 15) is 4.79 Å². The molecule has 122 valence electrons. The Morgan fingerprint density at radius 1 is 1.00 bits per heavy atom. The van der Waals surface area contributed by atoms with E-state index in [1.807, 2.05) is 42.5 Å². The summed E-state index contributed by atoms with van der Waals surface area (Å²) in [6, 6.07) is 20.5. The minimum Gasteiger partial charge on any atom is -0.353 e. The van der Waals surface area contributed by atoms with Gasteiger partial charge in [-0.3, -0.25) is 9.78 Å². The molecule has 2 aromatic heterocycles. The summed E-state index contributed by atoms with van der Waals surface area (Å²) in [7, 11) is 0. The smallest absolute Gasteiger partial charge is 0.257 e. The van der Waals surface area contributed by atoms with Gasteiger partial charge in [-0.15, -0.1) is 0 Å². The molecule has 0 unspecified atom stereocenters. The first-order chi connectivity index (χ1) is 12.2.